The fourth-order valence-electron chi connectivity index (χ4n) is 3.84. The summed E-state index contributed by atoms with van der Waals surface area (Å²) in [6.07, 6.45) is 2.31. The molecule has 0 spiro atoms. The number of rotatable bonds is 3. The smallest absolute Gasteiger partial charge is 0.143 e. The normalized spacial score (nSPS) is 26.5. The number of hydrogen-bond donors (Lipinski definition) is 0. The van der Waals surface area contributed by atoms with Gasteiger partial charge in [0.15, 0.2) is 0 Å². The van der Waals surface area contributed by atoms with Crippen molar-refractivity contribution in [2.75, 3.05) is 0 Å². The number of hydrogen-bond acceptors (Lipinski definition) is 4. The molecule has 0 aliphatic heterocycles. The van der Waals surface area contributed by atoms with E-state index < -0.39 is 11.8 Å². The summed E-state index contributed by atoms with van der Waals surface area (Å²) in [6.45, 7) is 7.70. The van der Waals surface area contributed by atoms with Crippen LogP contribution in [0.3, 0.4) is 0 Å². The molecule has 0 heterocycles. The Bertz CT molecular complexity index is 439. The van der Waals surface area contributed by atoms with Gasteiger partial charge < -0.3 is 0 Å². The van der Waals surface area contributed by atoms with Gasteiger partial charge in [-0.1, -0.05) is 27.7 Å². The molecule has 4 nitrogen and oxygen atoms in total. The highest BCUT2D eigenvalue weighted by Crippen LogP contribution is 2.38. The maximum Gasteiger partial charge on any atom is 0.143 e. The Kier molecular flexibility index (Phi) is 4.42. The molecule has 0 unspecified atom stereocenters. The molecule has 4 heteroatoms. The molecular formula is C18H26O4. The van der Waals surface area contributed by atoms with Crippen LogP contribution in [0.1, 0.15) is 66.2 Å². The van der Waals surface area contributed by atoms with Gasteiger partial charge in [-0.05, 0) is 23.7 Å². The van der Waals surface area contributed by atoms with Crippen LogP contribution in [0.15, 0.2) is 0 Å². The van der Waals surface area contributed by atoms with E-state index in [-0.39, 0.29) is 34.0 Å². The molecule has 2 aliphatic carbocycles. The summed E-state index contributed by atoms with van der Waals surface area (Å²) in [5.74, 6) is -1.34. The van der Waals surface area contributed by atoms with Gasteiger partial charge in [0, 0.05) is 25.7 Å². The summed E-state index contributed by atoms with van der Waals surface area (Å²) in [6, 6.07) is 0. The predicted molar refractivity (Wildman–Crippen MR) is 82.3 cm³/mol. The third kappa shape index (κ3) is 3.71. The SMILES string of the molecule is CC1(C)CC(=O)C(CCC2C(=O)CC(C)(C)CC2=O)C(=O)C1. The van der Waals surface area contributed by atoms with Crippen molar-refractivity contribution >= 4 is 23.1 Å². The summed E-state index contributed by atoms with van der Waals surface area (Å²) >= 11 is 0. The molecule has 0 aromatic heterocycles. The van der Waals surface area contributed by atoms with Gasteiger partial charge in [-0.25, -0.2) is 0 Å². The van der Waals surface area contributed by atoms with Gasteiger partial charge in [-0.2, -0.15) is 0 Å². The summed E-state index contributed by atoms with van der Waals surface area (Å²) in [7, 11) is 0. The van der Waals surface area contributed by atoms with E-state index in [4.69, 9.17) is 0 Å². The van der Waals surface area contributed by atoms with Crippen molar-refractivity contribution in [2.24, 2.45) is 22.7 Å². The number of ketones is 4. The molecule has 0 atom stereocenters. The van der Waals surface area contributed by atoms with Crippen LogP contribution in [0.25, 0.3) is 0 Å². The second kappa shape index (κ2) is 5.71. The van der Waals surface area contributed by atoms with Crippen molar-refractivity contribution in [3.05, 3.63) is 0 Å². The van der Waals surface area contributed by atoms with Crippen molar-refractivity contribution in [1.82, 2.24) is 0 Å². The number of Topliss-reactive ketones (excluding diaryl/α,β-unsaturated/α-hetero) is 4. The highest BCUT2D eigenvalue weighted by atomic mass is 16.2. The molecule has 22 heavy (non-hydrogen) atoms. The zero-order chi connectivity index (χ0) is 16.7. The second-order valence-corrected chi connectivity index (χ2v) is 8.58. The molecule has 0 radical (unpaired) electrons. The molecule has 2 rings (SSSR count). The fourth-order valence-corrected chi connectivity index (χ4v) is 3.84. The second-order valence-electron chi connectivity index (χ2n) is 8.58. The maximum atomic E-state index is 12.2. The first kappa shape index (κ1) is 17.0. The Morgan fingerprint density at radius 1 is 0.636 bits per heavy atom. The monoisotopic (exact) mass is 306 g/mol. The standard InChI is InChI=1S/C18H26O4/c1-17(2)7-13(19)11(14(20)8-17)5-6-12-15(21)9-18(3,4)10-16(12)22/h11-12H,5-10H2,1-4H3. The summed E-state index contributed by atoms with van der Waals surface area (Å²) < 4.78 is 0. The van der Waals surface area contributed by atoms with Gasteiger partial charge in [0.25, 0.3) is 0 Å². The lowest BCUT2D eigenvalue weighted by Gasteiger charge is -2.34. The van der Waals surface area contributed by atoms with Gasteiger partial charge in [0.05, 0.1) is 11.8 Å². The lowest BCUT2D eigenvalue weighted by atomic mass is 9.67. The van der Waals surface area contributed by atoms with E-state index in [1.54, 1.807) is 0 Å². The third-order valence-corrected chi connectivity index (χ3v) is 4.91. The summed E-state index contributed by atoms with van der Waals surface area (Å²) in [5.41, 5.74) is -0.518. The Morgan fingerprint density at radius 2 is 0.864 bits per heavy atom. The Hall–Kier alpha value is -1.32. The van der Waals surface area contributed by atoms with Crippen LogP contribution >= 0.6 is 0 Å². The largest absolute Gasteiger partial charge is 0.299 e. The zero-order valence-corrected chi connectivity index (χ0v) is 14.0. The minimum Gasteiger partial charge on any atom is -0.299 e. The predicted octanol–water partition coefficient (Wildman–Crippen LogP) is 2.92. The topological polar surface area (TPSA) is 68.3 Å². The molecule has 0 aromatic rings. The molecule has 2 saturated carbocycles. The average Bonchev–Trinajstić information content (AvgIpc) is 2.27. The van der Waals surface area contributed by atoms with Gasteiger partial charge in [-0.3, -0.25) is 19.2 Å². The van der Waals surface area contributed by atoms with Crippen LogP contribution in [-0.4, -0.2) is 23.1 Å². The fraction of sp³-hybridized carbons (Fsp3) is 0.778. The molecular weight excluding hydrogens is 280 g/mol. The van der Waals surface area contributed by atoms with Gasteiger partial charge in [0.2, 0.25) is 0 Å². The molecule has 0 amide bonds. The molecule has 0 aromatic carbocycles. The van der Waals surface area contributed by atoms with Crippen molar-refractivity contribution in [2.45, 2.75) is 66.2 Å². The van der Waals surface area contributed by atoms with E-state index in [0.717, 1.165) is 0 Å². The third-order valence-electron chi connectivity index (χ3n) is 4.91. The average molecular weight is 306 g/mol. The van der Waals surface area contributed by atoms with Crippen LogP contribution in [-0.2, 0) is 19.2 Å². The highest BCUT2D eigenvalue weighted by molar-refractivity contribution is 6.06. The molecule has 2 aliphatic rings. The van der Waals surface area contributed by atoms with Gasteiger partial charge in [-0.15, -0.1) is 0 Å². The van der Waals surface area contributed by atoms with Crippen LogP contribution in [0, 0.1) is 22.7 Å². The lowest BCUT2D eigenvalue weighted by molar-refractivity contribution is -0.144. The van der Waals surface area contributed by atoms with Crippen LogP contribution < -0.4 is 0 Å². The van der Waals surface area contributed by atoms with Crippen LogP contribution in [0.4, 0.5) is 0 Å². The van der Waals surface area contributed by atoms with Gasteiger partial charge in [0.1, 0.15) is 23.1 Å². The Morgan fingerprint density at radius 3 is 1.09 bits per heavy atom. The van der Waals surface area contributed by atoms with E-state index in [0.29, 0.717) is 38.5 Å². The van der Waals surface area contributed by atoms with Crippen molar-refractivity contribution in [3.8, 4) is 0 Å². The maximum absolute atomic E-state index is 12.2. The van der Waals surface area contributed by atoms with Crippen LogP contribution in [0.5, 0.6) is 0 Å². The number of carbonyl (C=O) groups is 4. The number of carbonyl (C=O) groups excluding carboxylic acids is 4. The molecule has 0 saturated heterocycles. The highest BCUT2D eigenvalue weighted by Gasteiger charge is 2.42. The molecule has 122 valence electrons. The zero-order valence-electron chi connectivity index (χ0n) is 14.0. The minimum absolute atomic E-state index is 0.0303. The quantitative estimate of drug-likeness (QED) is 0.752. The van der Waals surface area contributed by atoms with E-state index in [1.807, 2.05) is 27.7 Å². The van der Waals surface area contributed by atoms with E-state index in [2.05, 4.69) is 0 Å². The summed E-state index contributed by atoms with van der Waals surface area (Å²) in [5, 5.41) is 0. The van der Waals surface area contributed by atoms with Crippen molar-refractivity contribution in [1.29, 1.82) is 0 Å². The molecule has 0 N–H and O–H groups in total. The first-order valence-electron chi connectivity index (χ1n) is 8.12. The molecule has 0 bridgehead atoms. The Labute approximate surface area is 132 Å². The summed E-state index contributed by atoms with van der Waals surface area (Å²) in [4.78, 5) is 48.7. The van der Waals surface area contributed by atoms with Crippen molar-refractivity contribution in [3.63, 3.8) is 0 Å². The first-order chi connectivity index (χ1) is 10.0. The van der Waals surface area contributed by atoms with E-state index in [9.17, 15) is 19.2 Å². The Balaban J connectivity index is 1.98. The van der Waals surface area contributed by atoms with Gasteiger partial charge >= 0.3 is 0 Å². The van der Waals surface area contributed by atoms with Crippen LogP contribution in [0.2, 0.25) is 0 Å². The minimum atomic E-state index is -0.608. The van der Waals surface area contributed by atoms with E-state index in [1.165, 1.54) is 0 Å². The first-order valence-corrected chi connectivity index (χ1v) is 8.12. The lowest BCUT2D eigenvalue weighted by Crippen LogP contribution is -2.40. The molecule has 2 fully saturated rings. The van der Waals surface area contributed by atoms with E-state index >= 15 is 0 Å². The van der Waals surface area contributed by atoms with Crippen molar-refractivity contribution < 1.29 is 19.2 Å².